The van der Waals surface area contributed by atoms with Crippen molar-refractivity contribution in [3.63, 3.8) is 0 Å². The first-order chi connectivity index (χ1) is 13.5. The van der Waals surface area contributed by atoms with Gasteiger partial charge in [0.15, 0.2) is 0 Å². The molecule has 1 saturated carbocycles. The van der Waals surface area contributed by atoms with Crippen molar-refractivity contribution in [3.8, 4) is 5.75 Å². The van der Waals surface area contributed by atoms with Crippen molar-refractivity contribution in [2.75, 3.05) is 0 Å². The van der Waals surface area contributed by atoms with Crippen LogP contribution in [-0.4, -0.2) is 24.6 Å². The van der Waals surface area contributed by atoms with E-state index in [1.54, 1.807) is 12.1 Å². The van der Waals surface area contributed by atoms with Gasteiger partial charge in [-0.05, 0) is 43.0 Å². The normalized spacial score (nSPS) is 16.7. The van der Waals surface area contributed by atoms with Crippen molar-refractivity contribution in [1.82, 2.24) is 10.6 Å². The SMILES string of the molecule is C[C@@H](N[C@@H](c1ccccc1)c1ccc(OC(F)F)cc1)C(=O)NC1CCCC1. The minimum atomic E-state index is -2.85. The van der Waals surface area contributed by atoms with E-state index >= 15 is 0 Å². The Bertz CT molecular complexity index is 747. The Kier molecular flexibility index (Phi) is 6.98. The van der Waals surface area contributed by atoms with Crippen molar-refractivity contribution in [2.24, 2.45) is 0 Å². The fourth-order valence-electron chi connectivity index (χ4n) is 3.59. The average Bonchev–Trinajstić information content (AvgIpc) is 3.20. The second-order valence-corrected chi connectivity index (χ2v) is 7.17. The summed E-state index contributed by atoms with van der Waals surface area (Å²) in [6, 6.07) is 15.9. The standard InChI is InChI=1S/C22H26F2N2O2/c1-15(21(27)26-18-9-5-6-10-18)25-20(16-7-3-2-4-8-16)17-11-13-19(14-12-17)28-22(23)24/h2-4,7-8,11-15,18,20,22,25H,5-6,9-10H2,1H3,(H,26,27)/t15-,20+/m1/s1. The molecular formula is C22H26F2N2O2. The van der Waals surface area contributed by atoms with Gasteiger partial charge in [-0.1, -0.05) is 55.3 Å². The van der Waals surface area contributed by atoms with Crippen LogP contribution in [0.2, 0.25) is 0 Å². The first-order valence-electron chi connectivity index (χ1n) is 9.69. The van der Waals surface area contributed by atoms with E-state index in [4.69, 9.17) is 0 Å². The number of rotatable bonds is 8. The van der Waals surface area contributed by atoms with Crippen LogP contribution in [0.25, 0.3) is 0 Å². The molecule has 0 spiro atoms. The zero-order valence-corrected chi connectivity index (χ0v) is 15.9. The molecule has 0 bridgehead atoms. The van der Waals surface area contributed by atoms with E-state index in [1.807, 2.05) is 37.3 Å². The Balaban J connectivity index is 1.74. The molecule has 2 atom stereocenters. The fourth-order valence-corrected chi connectivity index (χ4v) is 3.59. The minimum Gasteiger partial charge on any atom is -0.435 e. The van der Waals surface area contributed by atoms with E-state index in [-0.39, 0.29) is 23.7 Å². The second kappa shape index (κ2) is 9.64. The molecule has 3 rings (SSSR count). The highest BCUT2D eigenvalue weighted by Crippen LogP contribution is 2.25. The van der Waals surface area contributed by atoms with Gasteiger partial charge in [-0.15, -0.1) is 0 Å². The van der Waals surface area contributed by atoms with E-state index < -0.39 is 12.7 Å². The molecule has 0 saturated heterocycles. The van der Waals surface area contributed by atoms with Crippen LogP contribution in [0.4, 0.5) is 8.78 Å². The van der Waals surface area contributed by atoms with Crippen LogP contribution in [0.1, 0.15) is 49.8 Å². The zero-order chi connectivity index (χ0) is 19.9. The van der Waals surface area contributed by atoms with Crippen LogP contribution in [-0.2, 0) is 4.79 Å². The fraction of sp³-hybridized carbons (Fsp3) is 0.409. The van der Waals surface area contributed by atoms with Crippen LogP contribution in [0.5, 0.6) is 5.75 Å². The van der Waals surface area contributed by atoms with E-state index in [0.717, 1.165) is 36.8 Å². The highest BCUT2D eigenvalue weighted by atomic mass is 19.3. The number of carbonyl (C=O) groups is 1. The number of halogens is 2. The third-order valence-corrected chi connectivity index (χ3v) is 5.08. The summed E-state index contributed by atoms with van der Waals surface area (Å²) in [6.07, 6.45) is 4.39. The highest BCUT2D eigenvalue weighted by molar-refractivity contribution is 5.81. The molecule has 1 amide bonds. The van der Waals surface area contributed by atoms with Gasteiger partial charge in [0, 0.05) is 6.04 Å². The van der Waals surface area contributed by atoms with Gasteiger partial charge < -0.3 is 10.1 Å². The highest BCUT2D eigenvalue weighted by Gasteiger charge is 2.24. The van der Waals surface area contributed by atoms with Crippen molar-refractivity contribution in [3.05, 3.63) is 65.7 Å². The molecule has 0 unspecified atom stereocenters. The summed E-state index contributed by atoms with van der Waals surface area (Å²) in [4.78, 5) is 12.6. The van der Waals surface area contributed by atoms with E-state index in [2.05, 4.69) is 15.4 Å². The number of ether oxygens (including phenoxy) is 1. The molecule has 0 aliphatic heterocycles. The maximum atomic E-state index is 12.6. The molecule has 28 heavy (non-hydrogen) atoms. The molecule has 2 aromatic carbocycles. The summed E-state index contributed by atoms with van der Waals surface area (Å²) in [5, 5.41) is 6.50. The number of alkyl halides is 2. The van der Waals surface area contributed by atoms with E-state index in [1.165, 1.54) is 12.1 Å². The number of nitrogens with one attached hydrogen (secondary N) is 2. The van der Waals surface area contributed by atoms with Gasteiger partial charge in [-0.25, -0.2) is 0 Å². The summed E-state index contributed by atoms with van der Waals surface area (Å²) in [5.41, 5.74) is 1.86. The molecule has 1 aliphatic rings. The maximum absolute atomic E-state index is 12.6. The molecule has 6 heteroatoms. The van der Waals surface area contributed by atoms with E-state index in [0.29, 0.717) is 0 Å². The van der Waals surface area contributed by atoms with E-state index in [9.17, 15) is 13.6 Å². The summed E-state index contributed by atoms with van der Waals surface area (Å²) >= 11 is 0. The van der Waals surface area contributed by atoms with Gasteiger partial charge in [0.25, 0.3) is 0 Å². The van der Waals surface area contributed by atoms with Crippen LogP contribution in [0, 0.1) is 0 Å². The van der Waals surface area contributed by atoms with Gasteiger partial charge in [0.2, 0.25) is 5.91 Å². The summed E-state index contributed by atoms with van der Waals surface area (Å²) < 4.78 is 29.2. The van der Waals surface area contributed by atoms with Gasteiger partial charge in [0.05, 0.1) is 12.1 Å². The van der Waals surface area contributed by atoms with Crippen molar-refractivity contribution >= 4 is 5.91 Å². The van der Waals surface area contributed by atoms with Crippen LogP contribution >= 0.6 is 0 Å². The molecule has 4 nitrogen and oxygen atoms in total. The Morgan fingerprint density at radius 1 is 1.00 bits per heavy atom. The third kappa shape index (κ3) is 5.52. The lowest BCUT2D eigenvalue weighted by atomic mass is 9.97. The summed E-state index contributed by atoms with van der Waals surface area (Å²) in [6.45, 7) is -1.01. The molecule has 1 fully saturated rings. The molecular weight excluding hydrogens is 362 g/mol. The van der Waals surface area contributed by atoms with Crippen molar-refractivity contribution < 1.29 is 18.3 Å². The molecule has 2 N–H and O–H groups in total. The van der Waals surface area contributed by atoms with Gasteiger partial charge in [-0.2, -0.15) is 8.78 Å². The largest absolute Gasteiger partial charge is 0.435 e. The van der Waals surface area contributed by atoms with Crippen molar-refractivity contribution in [1.29, 1.82) is 0 Å². The lowest BCUT2D eigenvalue weighted by molar-refractivity contribution is -0.123. The van der Waals surface area contributed by atoms with Gasteiger partial charge >= 0.3 is 6.61 Å². The van der Waals surface area contributed by atoms with Crippen LogP contribution in [0.3, 0.4) is 0 Å². The Hall–Kier alpha value is -2.47. The first-order valence-corrected chi connectivity index (χ1v) is 9.69. The topological polar surface area (TPSA) is 50.4 Å². The number of carbonyl (C=O) groups excluding carboxylic acids is 1. The lowest BCUT2D eigenvalue weighted by Crippen LogP contribution is -2.46. The quantitative estimate of drug-likeness (QED) is 0.704. The molecule has 1 aliphatic carbocycles. The second-order valence-electron chi connectivity index (χ2n) is 7.17. The van der Waals surface area contributed by atoms with Crippen LogP contribution in [0.15, 0.2) is 54.6 Å². The average molecular weight is 388 g/mol. The van der Waals surface area contributed by atoms with Crippen LogP contribution < -0.4 is 15.4 Å². The number of benzene rings is 2. The smallest absolute Gasteiger partial charge is 0.387 e. The molecule has 150 valence electrons. The summed E-state index contributed by atoms with van der Waals surface area (Å²) in [5.74, 6) is 0.0862. The minimum absolute atomic E-state index is 0.0227. The molecule has 0 heterocycles. The number of amides is 1. The predicted octanol–water partition coefficient (Wildman–Crippen LogP) is 4.41. The third-order valence-electron chi connectivity index (χ3n) is 5.08. The first kappa shape index (κ1) is 20.3. The van der Waals surface area contributed by atoms with Gasteiger partial charge in [0.1, 0.15) is 5.75 Å². The number of hydrogen-bond donors (Lipinski definition) is 2. The Labute approximate surface area is 164 Å². The Morgan fingerprint density at radius 3 is 2.21 bits per heavy atom. The maximum Gasteiger partial charge on any atom is 0.387 e. The summed E-state index contributed by atoms with van der Waals surface area (Å²) in [7, 11) is 0. The molecule has 0 radical (unpaired) electrons. The molecule has 0 aromatic heterocycles. The predicted molar refractivity (Wildman–Crippen MR) is 104 cm³/mol. The number of hydrogen-bond acceptors (Lipinski definition) is 3. The monoisotopic (exact) mass is 388 g/mol. The Morgan fingerprint density at radius 2 is 1.61 bits per heavy atom. The van der Waals surface area contributed by atoms with Crippen molar-refractivity contribution in [2.45, 2.75) is 57.3 Å². The zero-order valence-electron chi connectivity index (χ0n) is 15.9. The molecule has 2 aromatic rings. The van der Waals surface area contributed by atoms with Gasteiger partial charge in [-0.3, -0.25) is 10.1 Å². The lowest BCUT2D eigenvalue weighted by Gasteiger charge is -2.25.